The number of alkyl halides is 1. The molecule has 0 bridgehead atoms. The molecule has 2 aromatic rings. The van der Waals surface area contributed by atoms with Crippen LogP contribution in [0.15, 0.2) is 17.7 Å². The number of aromatic nitrogens is 4. The summed E-state index contributed by atoms with van der Waals surface area (Å²) in [4.78, 5) is 7.76. The largest absolute Gasteiger partial charge is 0.308 e. The van der Waals surface area contributed by atoms with E-state index in [0.29, 0.717) is 0 Å². The van der Waals surface area contributed by atoms with Crippen molar-refractivity contribution in [3.8, 4) is 0 Å². The summed E-state index contributed by atoms with van der Waals surface area (Å²) < 4.78 is 5.46. The van der Waals surface area contributed by atoms with Gasteiger partial charge in [-0.2, -0.15) is 0 Å². The van der Waals surface area contributed by atoms with E-state index in [1.54, 1.807) is 11.8 Å². The Kier molecular flexibility index (Phi) is 4.01. The predicted octanol–water partition coefficient (Wildman–Crippen LogP) is 1.22. The van der Waals surface area contributed by atoms with Crippen molar-refractivity contribution in [2.45, 2.75) is 18.0 Å². The van der Waals surface area contributed by atoms with Crippen LogP contribution in [0.2, 0.25) is 0 Å². The molecule has 0 aliphatic heterocycles. The molecule has 1 N–H and O–H groups in total. The summed E-state index contributed by atoms with van der Waals surface area (Å²) in [5, 5.41) is 1.09. The molecule has 16 heavy (non-hydrogen) atoms. The molecule has 0 aliphatic carbocycles. The van der Waals surface area contributed by atoms with Crippen molar-refractivity contribution in [1.29, 1.82) is 0 Å². The number of hydrogen-bond donors (Lipinski definition) is 1. The number of hydrogen-bond acceptors (Lipinski definition) is 2. The zero-order chi connectivity index (χ0) is 11.5. The van der Waals surface area contributed by atoms with Crippen molar-refractivity contribution in [2.24, 2.45) is 7.05 Å². The molecule has 0 radical (unpaired) electrons. The fraction of sp³-hybridized carbons (Fsp3) is 0.500. The molecule has 6 heteroatoms. The summed E-state index contributed by atoms with van der Waals surface area (Å²) in [5.74, 6) is 0. The molecule has 0 atom stereocenters. The topological polar surface area (TPSA) is 36.4 Å². The normalized spacial score (nSPS) is 11.2. The smallest absolute Gasteiger partial charge is 0.228 e. The number of imidazole rings is 1. The third-order valence-corrected chi connectivity index (χ3v) is 3.95. The number of rotatable bonds is 4. The van der Waals surface area contributed by atoms with E-state index in [2.05, 4.69) is 43.4 Å². The van der Waals surface area contributed by atoms with Crippen LogP contribution in [0.5, 0.6) is 0 Å². The quantitative estimate of drug-likeness (QED) is 0.296. The molecule has 0 amide bonds. The van der Waals surface area contributed by atoms with Gasteiger partial charge in [0.1, 0.15) is 0 Å². The van der Waals surface area contributed by atoms with Crippen LogP contribution >= 0.6 is 34.4 Å². The lowest BCUT2D eigenvalue weighted by Gasteiger charge is -1.97. The van der Waals surface area contributed by atoms with Crippen molar-refractivity contribution in [2.75, 3.05) is 10.7 Å². The van der Waals surface area contributed by atoms with Gasteiger partial charge < -0.3 is 0 Å². The van der Waals surface area contributed by atoms with Gasteiger partial charge in [-0.15, -0.1) is 0 Å². The van der Waals surface area contributed by atoms with Crippen molar-refractivity contribution in [3.05, 3.63) is 12.7 Å². The summed E-state index contributed by atoms with van der Waals surface area (Å²) >= 11 is 4.10. The second-order valence-electron chi connectivity index (χ2n) is 3.57. The highest BCUT2D eigenvalue weighted by Gasteiger charge is 2.20. The Morgan fingerprint density at radius 3 is 3.06 bits per heavy atom. The second kappa shape index (κ2) is 5.31. The van der Waals surface area contributed by atoms with Crippen molar-refractivity contribution >= 4 is 45.5 Å². The molecule has 2 rings (SSSR count). The van der Waals surface area contributed by atoms with Gasteiger partial charge >= 0.3 is 5.65 Å². The lowest BCUT2D eigenvalue weighted by molar-refractivity contribution is -0.679. The Bertz CT molecular complexity index is 497. The molecule has 0 saturated heterocycles. The summed E-state index contributed by atoms with van der Waals surface area (Å²) in [6, 6.07) is 0. The number of thioether (sulfide) groups is 1. The van der Waals surface area contributed by atoms with Gasteiger partial charge in [0.05, 0.1) is 13.6 Å². The maximum absolute atomic E-state index is 4.45. The molecular formula is C10H15IN4S+2. The van der Waals surface area contributed by atoms with Gasteiger partial charge in [0.15, 0.2) is 0 Å². The standard InChI is InChI=1S/C10H14IN4S/c1-14-6-13-10(16-2)8-9(14)12-7-15(8)5-3-4-11/h6-7H,3-5H2,1-2H3/q+1/p+1. The Balaban J connectivity index is 2.54. The van der Waals surface area contributed by atoms with E-state index in [4.69, 9.17) is 0 Å². The first-order valence-electron chi connectivity index (χ1n) is 5.13. The minimum atomic E-state index is 1.04. The lowest BCUT2D eigenvalue weighted by Crippen LogP contribution is -2.36. The van der Waals surface area contributed by atoms with Crippen LogP contribution in [-0.2, 0) is 13.6 Å². The molecule has 2 heterocycles. The molecular weight excluding hydrogens is 335 g/mol. The van der Waals surface area contributed by atoms with Crippen molar-refractivity contribution in [3.63, 3.8) is 0 Å². The molecule has 0 fully saturated rings. The highest BCUT2D eigenvalue weighted by atomic mass is 127. The van der Waals surface area contributed by atoms with E-state index in [9.17, 15) is 0 Å². The highest BCUT2D eigenvalue weighted by Crippen LogP contribution is 2.17. The van der Waals surface area contributed by atoms with E-state index in [-0.39, 0.29) is 0 Å². The fourth-order valence-corrected chi connectivity index (χ4v) is 2.62. The molecule has 0 aromatic carbocycles. The fourth-order valence-electron chi connectivity index (χ4n) is 1.71. The first-order chi connectivity index (χ1) is 7.77. The van der Waals surface area contributed by atoms with E-state index in [0.717, 1.165) is 17.2 Å². The maximum atomic E-state index is 4.45. The van der Waals surface area contributed by atoms with Gasteiger partial charge in [0, 0.05) is 4.43 Å². The summed E-state index contributed by atoms with van der Waals surface area (Å²) in [6.45, 7) is 1.04. The van der Waals surface area contributed by atoms with Crippen LogP contribution in [0.4, 0.5) is 0 Å². The number of aromatic amines is 1. The molecule has 0 unspecified atom stereocenters. The number of fused-ring (bicyclic) bond motifs is 1. The van der Waals surface area contributed by atoms with Crippen LogP contribution < -0.4 is 9.13 Å². The van der Waals surface area contributed by atoms with E-state index < -0.39 is 0 Å². The Morgan fingerprint density at radius 2 is 2.38 bits per heavy atom. The monoisotopic (exact) mass is 350 g/mol. The number of halogens is 1. The molecule has 4 nitrogen and oxygen atoms in total. The first kappa shape index (κ1) is 12.1. The van der Waals surface area contributed by atoms with Gasteiger partial charge in [-0.1, -0.05) is 39.3 Å². The van der Waals surface area contributed by atoms with Crippen molar-refractivity contribution < 1.29 is 9.13 Å². The van der Waals surface area contributed by atoms with Gasteiger partial charge in [0.25, 0.3) is 5.52 Å². The van der Waals surface area contributed by atoms with Crippen molar-refractivity contribution in [1.82, 2.24) is 9.97 Å². The molecule has 0 spiro atoms. The van der Waals surface area contributed by atoms with Crippen LogP contribution in [0, 0.1) is 0 Å². The predicted molar refractivity (Wildman–Crippen MR) is 72.7 cm³/mol. The SMILES string of the molecule is CSc1nc[n+](C)c2[nH]c[n+](CCCI)c12. The summed E-state index contributed by atoms with van der Waals surface area (Å²) in [6.07, 6.45) is 7.15. The third kappa shape index (κ3) is 2.17. The van der Waals surface area contributed by atoms with Gasteiger partial charge in [-0.3, -0.25) is 0 Å². The molecule has 2 aromatic heterocycles. The average molecular weight is 350 g/mol. The number of aryl methyl sites for hydroxylation is 2. The minimum absolute atomic E-state index is 1.04. The highest BCUT2D eigenvalue weighted by molar-refractivity contribution is 14.1. The van der Waals surface area contributed by atoms with E-state index >= 15 is 0 Å². The van der Waals surface area contributed by atoms with Crippen LogP contribution in [0.1, 0.15) is 6.42 Å². The van der Waals surface area contributed by atoms with Crippen LogP contribution in [-0.4, -0.2) is 20.7 Å². The second-order valence-corrected chi connectivity index (χ2v) is 5.45. The number of nitrogens with zero attached hydrogens (tertiary/aromatic N) is 3. The van der Waals surface area contributed by atoms with Gasteiger partial charge in [-0.25, -0.2) is 14.1 Å². The van der Waals surface area contributed by atoms with Gasteiger partial charge in [0.2, 0.25) is 17.7 Å². The number of nitrogens with one attached hydrogen (secondary N) is 1. The van der Waals surface area contributed by atoms with Crippen LogP contribution in [0.3, 0.4) is 0 Å². The zero-order valence-electron chi connectivity index (χ0n) is 9.40. The third-order valence-electron chi connectivity index (χ3n) is 2.50. The Morgan fingerprint density at radius 1 is 1.56 bits per heavy atom. The first-order valence-corrected chi connectivity index (χ1v) is 7.88. The Labute approximate surface area is 113 Å². The lowest BCUT2D eigenvalue weighted by atomic mass is 10.4. The Hall–Kier alpha value is -0.370. The molecule has 0 aliphatic rings. The van der Waals surface area contributed by atoms with E-state index in [1.165, 1.54) is 16.4 Å². The maximum Gasteiger partial charge on any atom is 0.308 e. The molecule has 0 saturated carbocycles. The minimum Gasteiger partial charge on any atom is -0.228 e. The van der Waals surface area contributed by atoms with E-state index in [1.807, 2.05) is 24.3 Å². The number of H-pyrrole nitrogens is 1. The van der Waals surface area contributed by atoms with Gasteiger partial charge in [-0.05, 0) is 12.7 Å². The summed E-state index contributed by atoms with van der Waals surface area (Å²) in [7, 11) is 2.01. The van der Waals surface area contributed by atoms with Crippen LogP contribution in [0.25, 0.3) is 11.2 Å². The zero-order valence-corrected chi connectivity index (χ0v) is 12.4. The molecule has 86 valence electrons. The average Bonchev–Trinajstić information content (AvgIpc) is 2.72. The summed E-state index contributed by atoms with van der Waals surface area (Å²) in [5.41, 5.74) is 2.34.